The van der Waals surface area contributed by atoms with Gasteiger partial charge in [-0.2, -0.15) is 5.26 Å². The molecule has 3 heteroatoms. The van der Waals surface area contributed by atoms with Crippen LogP contribution in [0.2, 0.25) is 0 Å². The first-order chi connectivity index (χ1) is 5.74. The number of hydrogen-bond acceptors (Lipinski definition) is 3. The second-order valence-electron chi connectivity index (χ2n) is 2.30. The molecule has 0 fully saturated rings. The van der Waals surface area contributed by atoms with Gasteiger partial charge in [-0.25, -0.2) is 0 Å². The van der Waals surface area contributed by atoms with Gasteiger partial charge in [0.25, 0.3) is 0 Å². The van der Waals surface area contributed by atoms with Crippen molar-refractivity contribution in [3.05, 3.63) is 12.7 Å². The number of ether oxygens (including phenoxy) is 2. The molecule has 0 N–H and O–H groups in total. The minimum Gasteiger partial charge on any atom is -0.353 e. The Morgan fingerprint density at radius 1 is 1.67 bits per heavy atom. The molecule has 0 saturated carbocycles. The quantitative estimate of drug-likeness (QED) is 0.450. The molecular formula is C9H15NO2. The number of nitrogens with zero attached hydrogens (tertiary/aromatic N) is 1. The van der Waals surface area contributed by atoms with E-state index in [2.05, 4.69) is 6.58 Å². The Morgan fingerprint density at radius 2 is 2.33 bits per heavy atom. The van der Waals surface area contributed by atoms with E-state index >= 15 is 0 Å². The van der Waals surface area contributed by atoms with Gasteiger partial charge in [-0.05, 0) is 13.8 Å². The monoisotopic (exact) mass is 169 g/mol. The summed E-state index contributed by atoms with van der Waals surface area (Å²) in [4.78, 5) is 0. The maximum Gasteiger partial charge on any atom is 0.156 e. The molecule has 2 unspecified atom stereocenters. The predicted octanol–water partition coefficient (Wildman–Crippen LogP) is 1.85. The van der Waals surface area contributed by atoms with Crippen LogP contribution in [0.15, 0.2) is 12.7 Å². The molecule has 0 aliphatic rings. The molecule has 0 aliphatic heterocycles. The van der Waals surface area contributed by atoms with E-state index in [0.29, 0.717) is 13.0 Å². The lowest BCUT2D eigenvalue weighted by Gasteiger charge is -2.15. The summed E-state index contributed by atoms with van der Waals surface area (Å²) >= 11 is 0. The lowest BCUT2D eigenvalue weighted by atomic mass is 10.3. The van der Waals surface area contributed by atoms with Crippen molar-refractivity contribution in [2.24, 2.45) is 0 Å². The van der Waals surface area contributed by atoms with Gasteiger partial charge in [0.1, 0.15) is 0 Å². The van der Waals surface area contributed by atoms with E-state index in [1.54, 1.807) is 13.0 Å². The van der Waals surface area contributed by atoms with Crippen LogP contribution in [0.1, 0.15) is 20.3 Å². The summed E-state index contributed by atoms with van der Waals surface area (Å²) in [7, 11) is 0. The molecule has 3 nitrogen and oxygen atoms in total. The van der Waals surface area contributed by atoms with Crippen molar-refractivity contribution in [2.75, 3.05) is 6.61 Å². The van der Waals surface area contributed by atoms with E-state index in [9.17, 15) is 0 Å². The zero-order chi connectivity index (χ0) is 9.40. The van der Waals surface area contributed by atoms with Crippen LogP contribution in [0.5, 0.6) is 0 Å². The van der Waals surface area contributed by atoms with Crippen LogP contribution in [0.4, 0.5) is 0 Å². The standard InChI is InChI=1S/C9H15NO2/c1-4-6-9(7-10)12-8(3)11-5-2/h4,8-9H,1,5-6H2,2-3H3. The molecule has 0 heterocycles. The van der Waals surface area contributed by atoms with Gasteiger partial charge in [0.15, 0.2) is 12.4 Å². The third-order valence-electron chi connectivity index (χ3n) is 1.28. The molecule has 0 aromatic carbocycles. The topological polar surface area (TPSA) is 42.2 Å². The lowest BCUT2D eigenvalue weighted by molar-refractivity contribution is -0.143. The molecule has 0 spiro atoms. The van der Waals surface area contributed by atoms with Crippen LogP contribution in [0, 0.1) is 11.3 Å². The molecule has 0 rings (SSSR count). The highest BCUT2D eigenvalue weighted by atomic mass is 16.7. The van der Waals surface area contributed by atoms with E-state index in [1.165, 1.54) is 0 Å². The first kappa shape index (κ1) is 11.2. The van der Waals surface area contributed by atoms with Gasteiger partial charge in [0.2, 0.25) is 0 Å². The maximum atomic E-state index is 8.60. The molecule has 0 aliphatic carbocycles. The van der Waals surface area contributed by atoms with Gasteiger partial charge in [-0.3, -0.25) is 0 Å². The average Bonchev–Trinajstić information content (AvgIpc) is 2.04. The van der Waals surface area contributed by atoms with Gasteiger partial charge in [-0.15, -0.1) is 6.58 Å². The normalized spacial score (nSPS) is 14.8. The summed E-state index contributed by atoms with van der Waals surface area (Å²) in [5.41, 5.74) is 0. The Labute approximate surface area is 73.6 Å². The van der Waals surface area contributed by atoms with Crippen LogP contribution < -0.4 is 0 Å². The van der Waals surface area contributed by atoms with Crippen LogP contribution in [0.25, 0.3) is 0 Å². The molecule has 2 atom stereocenters. The largest absolute Gasteiger partial charge is 0.353 e. The van der Waals surface area contributed by atoms with Gasteiger partial charge in [-0.1, -0.05) is 6.08 Å². The van der Waals surface area contributed by atoms with Gasteiger partial charge >= 0.3 is 0 Å². The molecule has 0 amide bonds. The Hall–Kier alpha value is -0.850. The van der Waals surface area contributed by atoms with Crippen molar-refractivity contribution < 1.29 is 9.47 Å². The fourth-order valence-electron chi connectivity index (χ4n) is 0.795. The highest BCUT2D eigenvalue weighted by Crippen LogP contribution is 2.03. The van der Waals surface area contributed by atoms with Crippen LogP contribution >= 0.6 is 0 Å². The summed E-state index contributed by atoms with van der Waals surface area (Å²) in [6, 6.07) is 2.02. The molecule has 12 heavy (non-hydrogen) atoms. The van der Waals surface area contributed by atoms with Crippen molar-refractivity contribution in [3.63, 3.8) is 0 Å². The number of hydrogen-bond donors (Lipinski definition) is 0. The Balaban J connectivity index is 3.70. The van der Waals surface area contributed by atoms with Crippen molar-refractivity contribution in [3.8, 4) is 6.07 Å². The second-order valence-corrected chi connectivity index (χ2v) is 2.30. The van der Waals surface area contributed by atoms with E-state index in [-0.39, 0.29) is 6.29 Å². The molecular weight excluding hydrogens is 154 g/mol. The SMILES string of the molecule is C=CCC(C#N)OC(C)OCC. The summed E-state index contributed by atoms with van der Waals surface area (Å²) in [5, 5.41) is 8.60. The van der Waals surface area contributed by atoms with Gasteiger partial charge in [0, 0.05) is 13.0 Å². The Bertz CT molecular complexity index is 162. The number of nitriles is 1. The molecule has 0 bridgehead atoms. The first-order valence-electron chi connectivity index (χ1n) is 4.02. The average molecular weight is 169 g/mol. The summed E-state index contributed by atoms with van der Waals surface area (Å²) < 4.78 is 10.3. The second kappa shape index (κ2) is 6.84. The predicted molar refractivity (Wildman–Crippen MR) is 46.4 cm³/mol. The van der Waals surface area contributed by atoms with Crippen LogP contribution in [-0.2, 0) is 9.47 Å². The lowest BCUT2D eigenvalue weighted by Crippen LogP contribution is -2.20. The summed E-state index contributed by atoms with van der Waals surface area (Å²) in [6.07, 6.45) is 1.43. The molecule has 68 valence electrons. The molecule has 0 aromatic heterocycles. The minimum atomic E-state index is -0.441. The Morgan fingerprint density at radius 3 is 2.75 bits per heavy atom. The highest BCUT2D eigenvalue weighted by molar-refractivity contribution is 4.89. The summed E-state index contributed by atoms with van der Waals surface area (Å²) in [5.74, 6) is 0. The summed E-state index contributed by atoms with van der Waals surface area (Å²) in [6.45, 7) is 7.78. The fraction of sp³-hybridized carbons (Fsp3) is 0.667. The van der Waals surface area contributed by atoms with Crippen LogP contribution in [0.3, 0.4) is 0 Å². The van der Waals surface area contributed by atoms with Gasteiger partial charge in [0.05, 0.1) is 6.07 Å². The van der Waals surface area contributed by atoms with Crippen molar-refractivity contribution in [1.29, 1.82) is 5.26 Å². The molecule has 0 aromatic rings. The highest BCUT2D eigenvalue weighted by Gasteiger charge is 2.09. The minimum absolute atomic E-state index is 0.320. The number of rotatable bonds is 6. The third-order valence-corrected chi connectivity index (χ3v) is 1.28. The fourth-order valence-corrected chi connectivity index (χ4v) is 0.795. The van der Waals surface area contributed by atoms with Gasteiger partial charge < -0.3 is 9.47 Å². The molecule has 0 radical (unpaired) electrons. The third kappa shape index (κ3) is 4.89. The van der Waals surface area contributed by atoms with Crippen molar-refractivity contribution >= 4 is 0 Å². The van der Waals surface area contributed by atoms with E-state index in [0.717, 1.165) is 0 Å². The van der Waals surface area contributed by atoms with Crippen molar-refractivity contribution in [1.82, 2.24) is 0 Å². The Kier molecular flexibility index (Phi) is 6.35. The zero-order valence-corrected chi connectivity index (χ0v) is 7.62. The zero-order valence-electron chi connectivity index (χ0n) is 7.62. The van der Waals surface area contributed by atoms with Crippen molar-refractivity contribution in [2.45, 2.75) is 32.7 Å². The first-order valence-corrected chi connectivity index (χ1v) is 4.02. The maximum absolute atomic E-state index is 8.60. The van der Waals surface area contributed by atoms with E-state index in [4.69, 9.17) is 14.7 Å². The molecule has 0 saturated heterocycles. The van der Waals surface area contributed by atoms with E-state index in [1.807, 2.05) is 13.0 Å². The van der Waals surface area contributed by atoms with E-state index < -0.39 is 6.10 Å². The van der Waals surface area contributed by atoms with Crippen LogP contribution in [-0.4, -0.2) is 19.0 Å². The smallest absolute Gasteiger partial charge is 0.156 e.